The lowest BCUT2D eigenvalue weighted by atomic mass is 10.0. The van der Waals surface area contributed by atoms with E-state index in [1.165, 1.54) is 0 Å². The number of fused-ring (bicyclic) bond motifs is 1. The highest BCUT2D eigenvalue weighted by atomic mass is 16.1. The number of hydrogen-bond donors (Lipinski definition) is 0. The van der Waals surface area contributed by atoms with Gasteiger partial charge < -0.3 is 4.90 Å². The Bertz CT molecular complexity index is 1160. The largest absolute Gasteiger partial charge is 0.378 e. The van der Waals surface area contributed by atoms with E-state index in [2.05, 4.69) is 51.3 Å². The number of anilines is 1. The average molecular weight is 356 g/mol. The van der Waals surface area contributed by atoms with Crippen LogP contribution in [-0.2, 0) is 6.54 Å². The summed E-state index contributed by atoms with van der Waals surface area (Å²) < 4.78 is 1.60. The van der Waals surface area contributed by atoms with Crippen LogP contribution in [0.15, 0.2) is 78.0 Å². The van der Waals surface area contributed by atoms with Gasteiger partial charge in [0.05, 0.1) is 18.4 Å². The zero-order valence-electron chi connectivity index (χ0n) is 15.3. The molecule has 0 aliphatic rings. The number of pyridine rings is 1. The fourth-order valence-electron chi connectivity index (χ4n) is 3.11. The number of rotatable bonds is 4. The molecule has 5 nitrogen and oxygen atoms in total. The van der Waals surface area contributed by atoms with Gasteiger partial charge in [0.15, 0.2) is 5.52 Å². The van der Waals surface area contributed by atoms with Crippen molar-refractivity contribution in [3.05, 3.63) is 89.1 Å². The molecule has 4 aromatic rings. The zero-order valence-corrected chi connectivity index (χ0v) is 15.3. The van der Waals surface area contributed by atoms with Crippen molar-refractivity contribution in [2.45, 2.75) is 6.54 Å². The van der Waals surface area contributed by atoms with Crippen LogP contribution in [-0.4, -0.2) is 28.6 Å². The maximum absolute atomic E-state index is 12.7. The second-order valence-electron chi connectivity index (χ2n) is 6.69. The second kappa shape index (κ2) is 7.03. The molecule has 2 aromatic heterocycles. The normalized spacial score (nSPS) is 10.9. The van der Waals surface area contributed by atoms with E-state index in [1.807, 2.05) is 26.2 Å². The van der Waals surface area contributed by atoms with Crippen molar-refractivity contribution in [3.8, 4) is 11.1 Å². The molecular formula is C22H20N4O. The Kier molecular flexibility index (Phi) is 4.42. The van der Waals surface area contributed by atoms with Crippen LogP contribution >= 0.6 is 0 Å². The minimum atomic E-state index is -0.124. The topological polar surface area (TPSA) is 51.0 Å². The van der Waals surface area contributed by atoms with Crippen LogP contribution in [0.1, 0.15) is 5.56 Å². The van der Waals surface area contributed by atoms with E-state index in [-0.39, 0.29) is 5.56 Å². The van der Waals surface area contributed by atoms with Crippen LogP contribution in [0.3, 0.4) is 0 Å². The molecule has 0 aliphatic heterocycles. The van der Waals surface area contributed by atoms with Crippen LogP contribution < -0.4 is 10.5 Å². The molecule has 0 amide bonds. The summed E-state index contributed by atoms with van der Waals surface area (Å²) >= 11 is 0. The Morgan fingerprint density at radius 3 is 2.52 bits per heavy atom. The first-order valence-corrected chi connectivity index (χ1v) is 8.79. The summed E-state index contributed by atoms with van der Waals surface area (Å²) in [6.07, 6.45) is 3.21. The lowest BCUT2D eigenvalue weighted by Gasteiger charge is -2.14. The van der Waals surface area contributed by atoms with Gasteiger partial charge in [0.1, 0.15) is 0 Å². The van der Waals surface area contributed by atoms with Crippen molar-refractivity contribution < 1.29 is 0 Å². The predicted octanol–water partition coefficient (Wildman–Crippen LogP) is 3.57. The molecule has 0 saturated heterocycles. The quantitative estimate of drug-likeness (QED) is 0.561. The smallest absolute Gasteiger partial charge is 0.280 e. The van der Waals surface area contributed by atoms with E-state index in [1.54, 1.807) is 29.2 Å². The van der Waals surface area contributed by atoms with E-state index >= 15 is 0 Å². The van der Waals surface area contributed by atoms with Gasteiger partial charge in [-0.1, -0.05) is 30.3 Å². The standard InChI is InChI=1S/C22H20N4O/c1-25(2)19-9-4-8-18(13-19)17-7-3-6-16(12-17)14-26-15-24-20-10-5-11-23-21(20)22(26)27/h3-13,15H,14H2,1-2H3. The summed E-state index contributed by atoms with van der Waals surface area (Å²) in [5.74, 6) is 0. The number of nitrogens with zero attached hydrogens (tertiary/aromatic N) is 4. The Balaban J connectivity index is 1.69. The molecule has 4 rings (SSSR count). The van der Waals surface area contributed by atoms with Gasteiger partial charge >= 0.3 is 0 Å². The van der Waals surface area contributed by atoms with Gasteiger partial charge in [-0.15, -0.1) is 0 Å². The van der Waals surface area contributed by atoms with Crippen molar-refractivity contribution in [1.82, 2.24) is 14.5 Å². The third-order valence-electron chi connectivity index (χ3n) is 4.56. The van der Waals surface area contributed by atoms with E-state index in [0.717, 1.165) is 22.4 Å². The zero-order chi connectivity index (χ0) is 18.8. The monoisotopic (exact) mass is 356 g/mol. The van der Waals surface area contributed by atoms with Crippen LogP contribution in [0.5, 0.6) is 0 Å². The second-order valence-corrected chi connectivity index (χ2v) is 6.69. The minimum Gasteiger partial charge on any atom is -0.378 e. The van der Waals surface area contributed by atoms with Gasteiger partial charge in [0.2, 0.25) is 0 Å². The molecule has 134 valence electrons. The van der Waals surface area contributed by atoms with Gasteiger partial charge in [0, 0.05) is 26.0 Å². The summed E-state index contributed by atoms with van der Waals surface area (Å²) in [7, 11) is 4.06. The summed E-state index contributed by atoms with van der Waals surface area (Å²) in [6.45, 7) is 0.458. The molecule has 2 aromatic carbocycles. The number of benzene rings is 2. The third kappa shape index (κ3) is 3.44. The van der Waals surface area contributed by atoms with Gasteiger partial charge in [-0.05, 0) is 47.0 Å². The molecule has 0 atom stereocenters. The van der Waals surface area contributed by atoms with E-state index in [4.69, 9.17) is 0 Å². The summed E-state index contributed by atoms with van der Waals surface area (Å²) in [6, 6.07) is 20.2. The number of hydrogen-bond acceptors (Lipinski definition) is 4. The van der Waals surface area contributed by atoms with Gasteiger partial charge in [-0.2, -0.15) is 0 Å². The molecule has 0 saturated carbocycles. The molecule has 0 aliphatic carbocycles. The third-order valence-corrected chi connectivity index (χ3v) is 4.56. The Labute approximate surface area is 157 Å². The Hall–Kier alpha value is -3.47. The van der Waals surface area contributed by atoms with Crippen molar-refractivity contribution in [3.63, 3.8) is 0 Å². The molecule has 5 heteroatoms. The SMILES string of the molecule is CN(C)c1cccc(-c2cccc(Cn3cnc4cccnc4c3=O)c2)c1. The predicted molar refractivity (Wildman–Crippen MR) is 109 cm³/mol. The molecule has 2 heterocycles. The van der Waals surface area contributed by atoms with Crippen molar-refractivity contribution in [2.75, 3.05) is 19.0 Å². The van der Waals surface area contributed by atoms with Crippen LogP contribution in [0.4, 0.5) is 5.69 Å². The summed E-state index contributed by atoms with van der Waals surface area (Å²) in [5.41, 5.74) is 5.36. The first-order valence-electron chi connectivity index (χ1n) is 8.79. The summed E-state index contributed by atoms with van der Waals surface area (Å²) in [4.78, 5) is 23.3. The Morgan fingerprint density at radius 1 is 0.926 bits per heavy atom. The lowest BCUT2D eigenvalue weighted by Crippen LogP contribution is -2.21. The summed E-state index contributed by atoms with van der Waals surface area (Å²) in [5, 5.41) is 0. The van der Waals surface area contributed by atoms with Crippen molar-refractivity contribution in [1.29, 1.82) is 0 Å². The maximum Gasteiger partial charge on any atom is 0.280 e. The van der Waals surface area contributed by atoms with E-state index in [9.17, 15) is 4.79 Å². The fourth-order valence-corrected chi connectivity index (χ4v) is 3.11. The molecule has 0 spiro atoms. The van der Waals surface area contributed by atoms with Crippen molar-refractivity contribution in [2.24, 2.45) is 0 Å². The highest BCUT2D eigenvalue weighted by Gasteiger charge is 2.07. The Morgan fingerprint density at radius 2 is 1.70 bits per heavy atom. The maximum atomic E-state index is 12.7. The minimum absolute atomic E-state index is 0.124. The molecule has 0 N–H and O–H groups in total. The highest BCUT2D eigenvalue weighted by molar-refractivity contribution is 5.72. The average Bonchev–Trinajstić information content (AvgIpc) is 2.71. The van der Waals surface area contributed by atoms with Crippen molar-refractivity contribution >= 4 is 16.7 Å². The molecule has 0 unspecified atom stereocenters. The molecule has 0 radical (unpaired) electrons. The van der Waals surface area contributed by atoms with Gasteiger partial charge in [0.25, 0.3) is 5.56 Å². The fraction of sp³-hybridized carbons (Fsp3) is 0.136. The first-order chi connectivity index (χ1) is 13.1. The number of aromatic nitrogens is 3. The van der Waals surface area contributed by atoms with Gasteiger partial charge in [-0.25, -0.2) is 9.97 Å². The highest BCUT2D eigenvalue weighted by Crippen LogP contribution is 2.24. The lowest BCUT2D eigenvalue weighted by molar-refractivity contribution is 0.746. The molecule has 27 heavy (non-hydrogen) atoms. The molecule has 0 bridgehead atoms. The molecular weight excluding hydrogens is 336 g/mol. The van der Waals surface area contributed by atoms with E-state index in [0.29, 0.717) is 17.6 Å². The van der Waals surface area contributed by atoms with Crippen LogP contribution in [0.2, 0.25) is 0 Å². The van der Waals surface area contributed by atoms with E-state index < -0.39 is 0 Å². The van der Waals surface area contributed by atoms with Crippen LogP contribution in [0, 0.1) is 0 Å². The first kappa shape index (κ1) is 17.0. The van der Waals surface area contributed by atoms with Gasteiger partial charge in [-0.3, -0.25) is 9.36 Å². The molecule has 0 fully saturated rings. The van der Waals surface area contributed by atoms with Crippen LogP contribution in [0.25, 0.3) is 22.2 Å².